The van der Waals surface area contributed by atoms with Crippen LogP contribution in [-0.4, -0.2) is 99.0 Å². The lowest BCUT2D eigenvalue weighted by molar-refractivity contribution is -0.144. The molecule has 1 aliphatic heterocycles. The largest absolute Gasteiger partial charge is 0.397 e. The molecule has 2 aromatic carbocycles. The molecular weight excluding hydrogens is 868 g/mol. The molecule has 17 nitrogen and oxygen atoms in total. The standard InChI is InChI=1S/C47H57FN10O7S/c1-26-33(21-51-23-35(26)49)32-17-30-18-37(53-22-34(30)42(50)41(32)48)56-39(61)8-6-7-38(60)52-14-16-65-15-13-40(62)57-44(47(3,4)5)46(64)58-24-31(59)19-36(58)45(63)54-20-28-9-11-29(12-10-28)43-27(2)55-25-66-43/h9-12,17-18,21-23,25,31,36,44,59H,6-8,13-16,19-20,24,49-50H2,1-5H3,(H,52,60)(H,54,63)(H,57,62)(H,53,56,61)/t31-,36+,44-/m1/s1. The first-order valence-electron chi connectivity index (χ1n) is 21.7. The molecule has 1 fully saturated rings. The zero-order valence-electron chi connectivity index (χ0n) is 37.7. The Morgan fingerprint density at radius 3 is 2.39 bits per heavy atom. The molecule has 0 saturated carbocycles. The number of amides is 5. The van der Waals surface area contributed by atoms with Gasteiger partial charge < -0.3 is 47.5 Å². The number of β-amino-alcohol motifs (C(OH)–C–C–N with tert-alkyl or cyclic N) is 1. The summed E-state index contributed by atoms with van der Waals surface area (Å²) < 4.78 is 20.9. The lowest BCUT2D eigenvalue weighted by atomic mass is 9.85. The molecule has 19 heteroatoms. The molecule has 1 aliphatic rings. The molecule has 9 N–H and O–H groups in total. The van der Waals surface area contributed by atoms with Gasteiger partial charge in [-0.2, -0.15) is 0 Å². The third kappa shape index (κ3) is 12.2. The summed E-state index contributed by atoms with van der Waals surface area (Å²) in [5, 5.41) is 22.6. The van der Waals surface area contributed by atoms with Gasteiger partial charge in [0.05, 0.1) is 53.0 Å². The van der Waals surface area contributed by atoms with E-state index in [0.717, 1.165) is 21.7 Å². The normalized spacial score (nSPS) is 15.3. The Labute approximate surface area is 386 Å². The number of halogens is 1. The number of aliphatic hydroxyl groups excluding tert-OH is 1. The summed E-state index contributed by atoms with van der Waals surface area (Å²) in [6.45, 7) is 9.64. The first-order valence-corrected chi connectivity index (χ1v) is 22.6. The number of nitrogens with one attached hydrogen (secondary N) is 4. The van der Waals surface area contributed by atoms with Crippen molar-refractivity contribution in [1.82, 2.24) is 35.8 Å². The van der Waals surface area contributed by atoms with E-state index in [1.807, 2.05) is 31.2 Å². The fourth-order valence-corrected chi connectivity index (χ4v) is 8.43. The van der Waals surface area contributed by atoms with Gasteiger partial charge in [0.25, 0.3) is 0 Å². The SMILES string of the molecule is Cc1ncsc1-c1ccc(CNC(=O)[C@@H]2C[C@@H](O)CN2C(=O)[C@@H](NC(=O)CCOCCNC(=O)CCCC(=O)Nc2cc3cc(-c4cncc(N)c4C)c(F)c(N)c3cn2)C(C)(C)C)cc1. The number of likely N-dealkylation sites (tertiary alicyclic amines) is 1. The number of nitrogens with zero attached hydrogens (tertiary/aromatic N) is 4. The molecule has 3 atom stereocenters. The second-order valence-electron chi connectivity index (χ2n) is 17.4. The first-order chi connectivity index (χ1) is 31.4. The van der Waals surface area contributed by atoms with Crippen LogP contribution in [0, 0.1) is 25.1 Å². The Bertz CT molecular complexity index is 2580. The smallest absolute Gasteiger partial charge is 0.246 e. The number of hydrogen-bond donors (Lipinski definition) is 7. The van der Waals surface area contributed by atoms with Crippen molar-refractivity contribution in [3.05, 3.63) is 83.1 Å². The van der Waals surface area contributed by atoms with Gasteiger partial charge in [-0.25, -0.2) is 14.4 Å². The zero-order chi connectivity index (χ0) is 47.7. The Hall–Kier alpha value is -6.57. The molecule has 0 unspecified atom stereocenters. The van der Waals surface area contributed by atoms with Crippen LogP contribution in [0.5, 0.6) is 0 Å². The van der Waals surface area contributed by atoms with Crippen LogP contribution >= 0.6 is 11.3 Å². The highest BCUT2D eigenvalue weighted by molar-refractivity contribution is 7.13. The Balaban J connectivity index is 0.889. The highest BCUT2D eigenvalue weighted by Gasteiger charge is 2.44. The van der Waals surface area contributed by atoms with Crippen LogP contribution in [0.25, 0.3) is 32.3 Å². The van der Waals surface area contributed by atoms with Crippen LogP contribution in [0.1, 0.15) is 69.7 Å². The minimum atomic E-state index is -0.986. The van der Waals surface area contributed by atoms with E-state index in [9.17, 15) is 29.1 Å². The number of benzene rings is 2. The topological polar surface area (TPSA) is 257 Å². The molecule has 6 rings (SSSR count). The van der Waals surface area contributed by atoms with Crippen LogP contribution in [0.15, 0.2) is 60.5 Å². The van der Waals surface area contributed by atoms with Crippen LogP contribution in [0.3, 0.4) is 0 Å². The van der Waals surface area contributed by atoms with Gasteiger partial charge in [0, 0.05) is 74.2 Å². The monoisotopic (exact) mass is 924 g/mol. The maximum absolute atomic E-state index is 15.3. The van der Waals surface area contributed by atoms with E-state index in [1.54, 1.807) is 56.7 Å². The fraction of sp³-hybridized carbons (Fsp3) is 0.404. The second-order valence-corrected chi connectivity index (χ2v) is 18.3. The minimum Gasteiger partial charge on any atom is -0.397 e. The number of hydrogen-bond acceptors (Lipinski definition) is 13. The van der Waals surface area contributed by atoms with E-state index in [1.165, 1.54) is 23.5 Å². The number of nitrogens with two attached hydrogens (primary N) is 2. The number of aryl methyl sites for hydroxylation is 1. The second kappa shape index (κ2) is 21.6. The van der Waals surface area contributed by atoms with Crippen molar-refractivity contribution in [2.24, 2.45) is 5.41 Å². The van der Waals surface area contributed by atoms with Crippen molar-refractivity contribution >= 4 is 68.8 Å². The van der Waals surface area contributed by atoms with Crippen LogP contribution < -0.4 is 32.7 Å². The van der Waals surface area contributed by atoms with Gasteiger partial charge in [-0.15, -0.1) is 11.3 Å². The number of nitrogen functional groups attached to an aromatic ring is 2. The van der Waals surface area contributed by atoms with Gasteiger partial charge in [0.2, 0.25) is 29.5 Å². The van der Waals surface area contributed by atoms with Gasteiger partial charge in [0.15, 0.2) is 5.82 Å². The molecule has 1 saturated heterocycles. The Morgan fingerprint density at radius 2 is 1.68 bits per heavy atom. The first kappa shape index (κ1) is 48.9. The highest BCUT2D eigenvalue weighted by Crippen LogP contribution is 2.36. The van der Waals surface area contributed by atoms with Crippen molar-refractivity contribution in [2.45, 2.75) is 91.5 Å². The summed E-state index contributed by atoms with van der Waals surface area (Å²) in [6, 6.07) is 9.09. The van der Waals surface area contributed by atoms with E-state index in [0.29, 0.717) is 27.6 Å². The van der Waals surface area contributed by atoms with Gasteiger partial charge >= 0.3 is 0 Å². The number of aliphatic hydroxyl groups is 1. The number of carbonyl (C=O) groups is 5. The Kier molecular flexibility index (Phi) is 16.0. The van der Waals surface area contributed by atoms with Crippen molar-refractivity contribution in [2.75, 3.05) is 43.1 Å². The van der Waals surface area contributed by atoms with Crippen LogP contribution in [-0.2, 0) is 35.3 Å². The number of carbonyl (C=O) groups excluding carboxylic acids is 5. The molecule has 350 valence electrons. The lowest BCUT2D eigenvalue weighted by Gasteiger charge is -2.35. The minimum absolute atomic E-state index is 0.0224. The van der Waals surface area contributed by atoms with E-state index in [-0.39, 0.29) is 93.8 Å². The van der Waals surface area contributed by atoms with Crippen molar-refractivity contribution in [1.29, 1.82) is 0 Å². The van der Waals surface area contributed by atoms with Crippen LogP contribution in [0.4, 0.5) is 21.6 Å². The third-order valence-electron chi connectivity index (χ3n) is 11.4. The predicted molar refractivity (Wildman–Crippen MR) is 251 cm³/mol. The number of anilines is 3. The number of fused-ring (bicyclic) bond motifs is 1. The summed E-state index contributed by atoms with van der Waals surface area (Å²) in [4.78, 5) is 80.6. The quantitative estimate of drug-likeness (QED) is 0.0463. The predicted octanol–water partition coefficient (Wildman–Crippen LogP) is 4.78. The summed E-state index contributed by atoms with van der Waals surface area (Å²) in [7, 11) is 0. The maximum Gasteiger partial charge on any atom is 0.246 e. The van der Waals surface area contributed by atoms with Crippen molar-refractivity contribution < 1.29 is 38.2 Å². The molecular formula is C47H57FN10O7S. The number of pyridine rings is 2. The summed E-state index contributed by atoms with van der Waals surface area (Å²) >= 11 is 1.56. The van der Waals surface area contributed by atoms with E-state index in [4.69, 9.17) is 16.2 Å². The molecule has 5 amide bonds. The number of rotatable bonds is 18. The van der Waals surface area contributed by atoms with E-state index >= 15 is 4.39 Å². The molecule has 5 aromatic rings. The van der Waals surface area contributed by atoms with Gasteiger partial charge in [-0.05, 0) is 59.9 Å². The summed E-state index contributed by atoms with van der Waals surface area (Å²) in [6.07, 6.45) is 3.87. The molecule has 3 aromatic heterocycles. The zero-order valence-corrected chi connectivity index (χ0v) is 38.5. The van der Waals surface area contributed by atoms with E-state index in [2.05, 4.69) is 36.2 Å². The molecule has 4 heterocycles. The lowest BCUT2D eigenvalue weighted by Crippen LogP contribution is -2.57. The average molecular weight is 925 g/mol. The van der Waals surface area contributed by atoms with E-state index < -0.39 is 47.1 Å². The fourth-order valence-electron chi connectivity index (χ4n) is 7.62. The van der Waals surface area contributed by atoms with Crippen molar-refractivity contribution in [3.8, 4) is 21.6 Å². The maximum atomic E-state index is 15.3. The molecule has 66 heavy (non-hydrogen) atoms. The van der Waals surface area contributed by atoms with Crippen LogP contribution in [0.2, 0.25) is 0 Å². The van der Waals surface area contributed by atoms with Gasteiger partial charge in [-0.1, -0.05) is 45.0 Å². The van der Waals surface area contributed by atoms with Gasteiger partial charge in [-0.3, -0.25) is 29.0 Å². The number of ether oxygens (including phenoxy) is 1. The Morgan fingerprint density at radius 1 is 0.939 bits per heavy atom. The summed E-state index contributed by atoms with van der Waals surface area (Å²) in [5.74, 6) is -2.34. The molecule has 0 aliphatic carbocycles. The molecule has 0 spiro atoms. The average Bonchev–Trinajstić information content (AvgIpc) is 3.90. The van der Waals surface area contributed by atoms with Gasteiger partial charge in [0.1, 0.15) is 17.9 Å². The highest BCUT2D eigenvalue weighted by atomic mass is 32.1. The number of aromatic nitrogens is 3. The molecule has 0 radical (unpaired) electrons. The third-order valence-corrected chi connectivity index (χ3v) is 12.3. The number of thiazole rings is 1. The molecule has 0 bridgehead atoms. The summed E-state index contributed by atoms with van der Waals surface area (Å²) in [5.41, 5.74) is 17.7. The van der Waals surface area contributed by atoms with Crippen molar-refractivity contribution in [3.63, 3.8) is 0 Å².